The van der Waals surface area contributed by atoms with Crippen molar-refractivity contribution in [3.8, 4) is 0 Å². The lowest BCUT2D eigenvalue weighted by Gasteiger charge is -2.37. The van der Waals surface area contributed by atoms with E-state index in [0.29, 0.717) is 24.3 Å². The molecule has 0 radical (unpaired) electrons. The van der Waals surface area contributed by atoms with E-state index in [0.717, 1.165) is 26.1 Å². The quantitative estimate of drug-likeness (QED) is 0.740. The van der Waals surface area contributed by atoms with E-state index in [2.05, 4.69) is 24.1 Å². The van der Waals surface area contributed by atoms with Gasteiger partial charge >= 0.3 is 0 Å². The fourth-order valence-corrected chi connectivity index (χ4v) is 2.05. The summed E-state index contributed by atoms with van der Waals surface area (Å²) in [6, 6.07) is 0.413. The van der Waals surface area contributed by atoms with Gasteiger partial charge in [-0.1, -0.05) is 20.8 Å². The summed E-state index contributed by atoms with van der Waals surface area (Å²) in [7, 11) is 0. The Labute approximate surface area is 86.9 Å². The molecule has 1 atom stereocenters. The van der Waals surface area contributed by atoms with Gasteiger partial charge in [-0.3, -0.25) is 4.79 Å². The molecule has 0 spiro atoms. The van der Waals surface area contributed by atoms with Crippen LogP contribution in [0.5, 0.6) is 0 Å². The molecule has 0 aromatic rings. The van der Waals surface area contributed by atoms with Crippen molar-refractivity contribution in [1.82, 2.24) is 10.2 Å². The summed E-state index contributed by atoms with van der Waals surface area (Å²) in [6.45, 7) is 9.15. The first-order valence-electron chi connectivity index (χ1n) is 5.65. The number of piperazine rings is 1. The lowest BCUT2D eigenvalue weighted by atomic mass is 10.0. The molecule has 0 bridgehead atoms. The van der Waals surface area contributed by atoms with E-state index in [4.69, 9.17) is 0 Å². The van der Waals surface area contributed by atoms with Crippen molar-refractivity contribution in [2.75, 3.05) is 19.6 Å². The molecule has 1 saturated heterocycles. The van der Waals surface area contributed by atoms with E-state index < -0.39 is 0 Å². The Kier molecular flexibility index (Phi) is 4.39. The molecular formula is C11H22N2O. The first kappa shape index (κ1) is 11.5. The summed E-state index contributed by atoms with van der Waals surface area (Å²) < 4.78 is 0. The molecule has 1 aliphatic rings. The van der Waals surface area contributed by atoms with Crippen LogP contribution in [0.4, 0.5) is 0 Å². The van der Waals surface area contributed by atoms with Gasteiger partial charge in [0.25, 0.3) is 0 Å². The summed E-state index contributed by atoms with van der Waals surface area (Å²) in [6.07, 6.45) is 1.74. The highest BCUT2D eigenvalue weighted by Gasteiger charge is 2.25. The van der Waals surface area contributed by atoms with Crippen LogP contribution in [0.15, 0.2) is 0 Å². The SMILES string of the molecule is CCC(=O)N1CCNCC1CC(C)C. The van der Waals surface area contributed by atoms with E-state index >= 15 is 0 Å². The van der Waals surface area contributed by atoms with Gasteiger partial charge in [-0.05, 0) is 12.3 Å². The predicted molar refractivity (Wildman–Crippen MR) is 58.1 cm³/mol. The number of hydrogen-bond donors (Lipinski definition) is 1. The van der Waals surface area contributed by atoms with Crippen LogP contribution in [-0.4, -0.2) is 36.5 Å². The smallest absolute Gasteiger partial charge is 0.222 e. The van der Waals surface area contributed by atoms with Crippen molar-refractivity contribution in [1.29, 1.82) is 0 Å². The maximum Gasteiger partial charge on any atom is 0.222 e. The highest BCUT2D eigenvalue weighted by Crippen LogP contribution is 2.14. The third-order valence-electron chi connectivity index (χ3n) is 2.72. The minimum absolute atomic E-state index is 0.303. The van der Waals surface area contributed by atoms with Gasteiger partial charge in [-0.15, -0.1) is 0 Å². The summed E-state index contributed by atoms with van der Waals surface area (Å²) in [4.78, 5) is 13.7. The van der Waals surface area contributed by atoms with E-state index in [1.165, 1.54) is 0 Å². The lowest BCUT2D eigenvalue weighted by molar-refractivity contribution is -0.134. The zero-order valence-electron chi connectivity index (χ0n) is 9.55. The van der Waals surface area contributed by atoms with Crippen molar-refractivity contribution in [3.05, 3.63) is 0 Å². The van der Waals surface area contributed by atoms with Crippen LogP contribution < -0.4 is 5.32 Å². The average Bonchev–Trinajstić information content (AvgIpc) is 2.16. The molecule has 14 heavy (non-hydrogen) atoms. The molecular weight excluding hydrogens is 176 g/mol. The van der Waals surface area contributed by atoms with Crippen molar-refractivity contribution in [3.63, 3.8) is 0 Å². The number of carbonyl (C=O) groups is 1. The van der Waals surface area contributed by atoms with Crippen molar-refractivity contribution in [2.45, 2.75) is 39.7 Å². The van der Waals surface area contributed by atoms with Crippen LogP contribution in [0, 0.1) is 5.92 Å². The Hall–Kier alpha value is -0.570. The molecule has 0 saturated carbocycles. The Balaban J connectivity index is 2.54. The van der Waals surface area contributed by atoms with Crippen LogP contribution >= 0.6 is 0 Å². The Bertz CT molecular complexity index is 192. The second kappa shape index (κ2) is 5.35. The molecule has 82 valence electrons. The molecule has 3 heteroatoms. The maximum absolute atomic E-state index is 11.7. The highest BCUT2D eigenvalue weighted by atomic mass is 16.2. The summed E-state index contributed by atoms with van der Waals surface area (Å²) in [5.74, 6) is 0.962. The standard InChI is InChI=1S/C11H22N2O/c1-4-11(14)13-6-5-12-8-10(13)7-9(2)3/h9-10,12H,4-8H2,1-3H3. The molecule has 1 rings (SSSR count). The first-order valence-corrected chi connectivity index (χ1v) is 5.65. The van der Waals surface area contributed by atoms with E-state index in [-0.39, 0.29) is 0 Å². The Morgan fingerprint density at radius 2 is 2.29 bits per heavy atom. The van der Waals surface area contributed by atoms with E-state index in [9.17, 15) is 4.79 Å². The van der Waals surface area contributed by atoms with Gasteiger partial charge in [0.15, 0.2) is 0 Å². The fraction of sp³-hybridized carbons (Fsp3) is 0.909. The van der Waals surface area contributed by atoms with Gasteiger partial charge in [0, 0.05) is 32.1 Å². The van der Waals surface area contributed by atoms with Crippen LogP contribution in [-0.2, 0) is 4.79 Å². The van der Waals surface area contributed by atoms with Gasteiger partial charge in [-0.25, -0.2) is 0 Å². The second-order valence-corrected chi connectivity index (χ2v) is 4.43. The summed E-state index contributed by atoms with van der Waals surface area (Å²) >= 11 is 0. The Morgan fingerprint density at radius 1 is 1.57 bits per heavy atom. The lowest BCUT2D eigenvalue weighted by Crippen LogP contribution is -2.53. The summed E-state index contributed by atoms with van der Waals surface area (Å²) in [5, 5.41) is 3.36. The summed E-state index contributed by atoms with van der Waals surface area (Å²) in [5.41, 5.74) is 0. The van der Waals surface area contributed by atoms with Crippen molar-refractivity contribution < 1.29 is 4.79 Å². The monoisotopic (exact) mass is 198 g/mol. The van der Waals surface area contributed by atoms with Gasteiger partial charge in [-0.2, -0.15) is 0 Å². The minimum atomic E-state index is 0.303. The van der Waals surface area contributed by atoms with Crippen LogP contribution in [0.25, 0.3) is 0 Å². The molecule has 1 amide bonds. The van der Waals surface area contributed by atoms with Crippen LogP contribution in [0.1, 0.15) is 33.6 Å². The number of amides is 1. The van der Waals surface area contributed by atoms with Crippen molar-refractivity contribution in [2.24, 2.45) is 5.92 Å². The van der Waals surface area contributed by atoms with Gasteiger partial charge < -0.3 is 10.2 Å². The molecule has 3 nitrogen and oxygen atoms in total. The zero-order chi connectivity index (χ0) is 10.6. The van der Waals surface area contributed by atoms with Crippen LogP contribution in [0.2, 0.25) is 0 Å². The van der Waals surface area contributed by atoms with E-state index in [1.807, 2.05) is 6.92 Å². The molecule has 1 unspecified atom stereocenters. The van der Waals surface area contributed by atoms with Gasteiger partial charge in [0.2, 0.25) is 5.91 Å². The molecule has 1 heterocycles. The molecule has 1 fully saturated rings. The zero-order valence-corrected chi connectivity index (χ0v) is 9.55. The third kappa shape index (κ3) is 2.98. The highest BCUT2D eigenvalue weighted by molar-refractivity contribution is 5.76. The number of nitrogens with one attached hydrogen (secondary N) is 1. The molecule has 0 aliphatic carbocycles. The minimum Gasteiger partial charge on any atom is -0.337 e. The largest absolute Gasteiger partial charge is 0.337 e. The second-order valence-electron chi connectivity index (χ2n) is 4.43. The number of hydrogen-bond acceptors (Lipinski definition) is 2. The molecule has 0 aromatic heterocycles. The third-order valence-corrected chi connectivity index (χ3v) is 2.72. The average molecular weight is 198 g/mol. The van der Waals surface area contributed by atoms with E-state index in [1.54, 1.807) is 0 Å². The predicted octanol–water partition coefficient (Wildman–Crippen LogP) is 1.24. The topological polar surface area (TPSA) is 32.3 Å². The normalized spacial score (nSPS) is 22.9. The van der Waals surface area contributed by atoms with Gasteiger partial charge in [0.05, 0.1) is 0 Å². The molecule has 0 aromatic carbocycles. The Morgan fingerprint density at radius 3 is 2.86 bits per heavy atom. The first-order chi connectivity index (χ1) is 6.65. The maximum atomic E-state index is 11.7. The molecule has 1 N–H and O–H groups in total. The number of rotatable bonds is 3. The number of carbonyl (C=O) groups excluding carboxylic acids is 1. The van der Waals surface area contributed by atoms with Gasteiger partial charge in [0.1, 0.15) is 0 Å². The van der Waals surface area contributed by atoms with Crippen LogP contribution in [0.3, 0.4) is 0 Å². The molecule has 1 aliphatic heterocycles. The number of nitrogens with zero attached hydrogens (tertiary/aromatic N) is 1. The fourth-order valence-electron chi connectivity index (χ4n) is 2.05. The van der Waals surface area contributed by atoms with Crippen molar-refractivity contribution >= 4 is 5.91 Å².